The number of nitrogens with one attached hydrogen (secondary N) is 1. The van der Waals surface area contributed by atoms with Crippen molar-refractivity contribution in [1.82, 2.24) is 5.32 Å². The summed E-state index contributed by atoms with van der Waals surface area (Å²) in [6.07, 6.45) is -0.157. The summed E-state index contributed by atoms with van der Waals surface area (Å²) in [5.41, 5.74) is 0.362. The molecule has 5 nitrogen and oxygen atoms in total. The summed E-state index contributed by atoms with van der Waals surface area (Å²) in [7, 11) is 0. The average molecular weight is 263 g/mol. The van der Waals surface area contributed by atoms with Gasteiger partial charge >= 0.3 is 12.1 Å². The van der Waals surface area contributed by atoms with E-state index in [2.05, 4.69) is 5.32 Å². The zero-order chi connectivity index (χ0) is 13.9. The molecule has 0 aliphatic carbocycles. The molecule has 0 spiro atoms. The molecule has 1 aliphatic rings. The molecule has 1 fully saturated rings. The van der Waals surface area contributed by atoms with E-state index in [-0.39, 0.29) is 6.61 Å². The molecule has 0 radical (unpaired) electrons. The van der Waals surface area contributed by atoms with E-state index in [1.54, 1.807) is 0 Å². The fraction of sp³-hybridized carbons (Fsp3) is 0.429. The van der Waals surface area contributed by atoms with Gasteiger partial charge in [0.2, 0.25) is 0 Å². The highest BCUT2D eigenvalue weighted by atomic mass is 16.6. The number of hydrogen-bond acceptors (Lipinski definition) is 4. The minimum absolute atomic E-state index is 0.178. The Bertz CT molecular complexity index is 470. The summed E-state index contributed by atoms with van der Waals surface area (Å²) in [5, 5.41) is 2.52. The number of carbonyl (C=O) groups is 2. The van der Waals surface area contributed by atoms with E-state index in [0.717, 1.165) is 5.56 Å². The number of rotatable bonds is 3. The molecule has 0 unspecified atom stereocenters. The van der Waals surface area contributed by atoms with Crippen LogP contribution in [0.1, 0.15) is 25.8 Å². The second-order valence-corrected chi connectivity index (χ2v) is 5.14. The Balaban J connectivity index is 1.81. The van der Waals surface area contributed by atoms with Crippen LogP contribution in [0.2, 0.25) is 0 Å². The number of amides is 1. The van der Waals surface area contributed by atoms with Gasteiger partial charge in [-0.05, 0) is 19.4 Å². The third kappa shape index (κ3) is 3.71. The monoisotopic (exact) mass is 263 g/mol. The van der Waals surface area contributed by atoms with Crippen LogP contribution in [0.15, 0.2) is 30.3 Å². The Labute approximate surface area is 111 Å². The molecular weight excluding hydrogens is 246 g/mol. The van der Waals surface area contributed by atoms with Gasteiger partial charge in [0.1, 0.15) is 18.2 Å². The summed E-state index contributed by atoms with van der Waals surface area (Å²) >= 11 is 0. The first-order valence-electron chi connectivity index (χ1n) is 6.16. The first-order valence-corrected chi connectivity index (χ1v) is 6.16. The molecule has 1 atom stereocenters. The quantitative estimate of drug-likeness (QED) is 0.847. The van der Waals surface area contributed by atoms with Crippen LogP contribution in [0.3, 0.4) is 0 Å². The van der Waals surface area contributed by atoms with Gasteiger partial charge in [-0.15, -0.1) is 0 Å². The molecular formula is C14H17NO4. The number of hydrogen-bond donors (Lipinski definition) is 1. The molecule has 1 saturated heterocycles. The molecule has 2 rings (SSSR count). The molecule has 19 heavy (non-hydrogen) atoms. The number of cyclic esters (lactones) is 1. The molecule has 0 aromatic heterocycles. The third-order valence-electron chi connectivity index (χ3n) is 2.86. The summed E-state index contributed by atoms with van der Waals surface area (Å²) in [6.45, 7) is 3.79. The SMILES string of the molecule is CC1(C)C[C@@H](NC(=O)OCc2ccccc2)C(=O)O1. The van der Waals surface area contributed by atoms with Crippen molar-refractivity contribution in [1.29, 1.82) is 0 Å². The van der Waals surface area contributed by atoms with Crippen LogP contribution >= 0.6 is 0 Å². The topological polar surface area (TPSA) is 64.6 Å². The minimum atomic E-state index is -0.627. The first kappa shape index (κ1) is 13.4. The Morgan fingerprint density at radius 1 is 1.42 bits per heavy atom. The van der Waals surface area contributed by atoms with Gasteiger partial charge in [-0.25, -0.2) is 9.59 Å². The average Bonchev–Trinajstić information content (AvgIpc) is 2.61. The molecule has 1 aromatic rings. The fourth-order valence-corrected chi connectivity index (χ4v) is 1.98. The predicted molar refractivity (Wildman–Crippen MR) is 68.3 cm³/mol. The second kappa shape index (κ2) is 5.30. The minimum Gasteiger partial charge on any atom is -0.458 e. The standard InChI is InChI=1S/C14H17NO4/c1-14(2)8-11(12(16)19-14)15-13(17)18-9-10-6-4-3-5-7-10/h3-7,11H,8-9H2,1-2H3,(H,15,17)/t11-/m1/s1. The lowest BCUT2D eigenvalue weighted by atomic mass is 10.0. The van der Waals surface area contributed by atoms with Gasteiger partial charge in [0.25, 0.3) is 0 Å². The van der Waals surface area contributed by atoms with Gasteiger partial charge in [-0.2, -0.15) is 0 Å². The molecule has 1 aliphatic heterocycles. The number of alkyl carbamates (subject to hydrolysis) is 1. The van der Waals surface area contributed by atoms with Crippen molar-refractivity contribution >= 4 is 12.1 Å². The van der Waals surface area contributed by atoms with Crippen LogP contribution in [-0.2, 0) is 20.9 Å². The zero-order valence-corrected chi connectivity index (χ0v) is 11.0. The van der Waals surface area contributed by atoms with Crippen LogP contribution in [-0.4, -0.2) is 23.7 Å². The van der Waals surface area contributed by atoms with Crippen LogP contribution in [0.5, 0.6) is 0 Å². The van der Waals surface area contributed by atoms with Gasteiger partial charge < -0.3 is 14.8 Å². The fourth-order valence-electron chi connectivity index (χ4n) is 1.98. The Hall–Kier alpha value is -2.04. The highest BCUT2D eigenvalue weighted by molar-refractivity contribution is 5.83. The molecule has 0 bridgehead atoms. The Morgan fingerprint density at radius 3 is 2.68 bits per heavy atom. The largest absolute Gasteiger partial charge is 0.458 e. The highest BCUT2D eigenvalue weighted by Crippen LogP contribution is 2.25. The van der Waals surface area contributed by atoms with E-state index < -0.39 is 23.7 Å². The summed E-state index contributed by atoms with van der Waals surface area (Å²) in [5.74, 6) is -0.415. The third-order valence-corrected chi connectivity index (χ3v) is 2.86. The number of benzene rings is 1. The van der Waals surface area contributed by atoms with E-state index in [4.69, 9.17) is 9.47 Å². The summed E-state index contributed by atoms with van der Waals surface area (Å²) in [6, 6.07) is 8.72. The maximum Gasteiger partial charge on any atom is 0.408 e. The van der Waals surface area contributed by atoms with Crippen molar-refractivity contribution in [3.05, 3.63) is 35.9 Å². The molecule has 0 saturated carbocycles. The molecule has 5 heteroatoms. The molecule has 1 heterocycles. The molecule has 102 valence electrons. The van der Waals surface area contributed by atoms with Crippen LogP contribution < -0.4 is 5.32 Å². The Morgan fingerprint density at radius 2 is 2.11 bits per heavy atom. The van der Waals surface area contributed by atoms with Crippen molar-refractivity contribution in [2.24, 2.45) is 0 Å². The van der Waals surface area contributed by atoms with E-state index in [1.165, 1.54) is 0 Å². The number of esters is 1. The first-order chi connectivity index (χ1) is 8.96. The maximum atomic E-state index is 11.6. The van der Waals surface area contributed by atoms with Crippen molar-refractivity contribution in [3.63, 3.8) is 0 Å². The van der Waals surface area contributed by atoms with Crippen molar-refractivity contribution in [3.8, 4) is 0 Å². The van der Waals surface area contributed by atoms with Gasteiger partial charge in [0, 0.05) is 6.42 Å². The van der Waals surface area contributed by atoms with Gasteiger partial charge in [-0.3, -0.25) is 0 Å². The molecule has 1 aromatic carbocycles. The van der Waals surface area contributed by atoms with Crippen molar-refractivity contribution < 1.29 is 19.1 Å². The van der Waals surface area contributed by atoms with E-state index in [9.17, 15) is 9.59 Å². The number of ether oxygens (including phenoxy) is 2. The smallest absolute Gasteiger partial charge is 0.408 e. The molecule has 1 amide bonds. The van der Waals surface area contributed by atoms with E-state index >= 15 is 0 Å². The normalized spacial score (nSPS) is 20.7. The van der Waals surface area contributed by atoms with Gasteiger partial charge in [0.05, 0.1) is 0 Å². The Kier molecular flexibility index (Phi) is 3.74. The van der Waals surface area contributed by atoms with E-state index in [1.807, 2.05) is 44.2 Å². The maximum absolute atomic E-state index is 11.6. The molecule has 1 N–H and O–H groups in total. The van der Waals surface area contributed by atoms with E-state index in [0.29, 0.717) is 6.42 Å². The lowest BCUT2D eigenvalue weighted by Crippen LogP contribution is -2.38. The van der Waals surface area contributed by atoms with Crippen LogP contribution in [0, 0.1) is 0 Å². The lowest BCUT2D eigenvalue weighted by Gasteiger charge is -2.14. The van der Waals surface area contributed by atoms with Crippen LogP contribution in [0.25, 0.3) is 0 Å². The summed E-state index contributed by atoms with van der Waals surface area (Å²) in [4.78, 5) is 23.1. The number of carbonyl (C=O) groups excluding carboxylic acids is 2. The van der Waals surface area contributed by atoms with Crippen molar-refractivity contribution in [2.45, 2.75) is 38.5 Å². The van der Waals surface area contributed by atoms with Gasteiger partial charge in [-0.1, -0.05) is 30.3 Å². The highest BCUT2D eigenvalue weighted by Gasteiger charge is 2.41. The van der Waals surface area contributed by atoms with Crippen LogP contribution in [0.4, 0.5) is 4.79 Å². The van der Waals surface area contributed by atoms with Crippen molar-refractivity contribution in [2.75, 3.05) is 0 Å². The van der Waals surface area contributed by atoms with Gasteiger partial charge in [0.15, 0.2) is 0 Å². The second-order valence-electron chi connectivity index (χ2n) is 5.14. The lowest BCUT2D eigenvalue weighted by molar-refractivity contribution is -0.147. The predicted octanol–water partition coefficient (Wildman–Crippen LogP) is 2.01. The zero-order valence-electron chi connectivity index (χ0n) is 11.0. The summed E-state index contributed by atoms with van der Waals surface area (Å²) < 4.78 is 10.2.